The summed E-state index contributed by atoms with van der Waals surface area (Å²) in [5, 5.41) is 0. The van der Waals surface area contributed by atoms with Gasteiger partial charge in [0, 0.05) is 25.3 Å². The number of nitrogens with one attached hydrogen (secondary N) is 1. The number of hydrogen-bond acceptors (Lipinski definition) is 4. The van der Waals surface area contributed by atoms with Gasteiger partial charge in [-0.2, -0.15) is 13.2 Å². The van der Waals surface area contributed by atoms with Crippen LogP contribution in [0.25, 0.3) is 0 Å². The lowest BCUT2D eigenvalue weighted by Crippen LogP contribution is -2.37. The van der Waals surface area contributed by atoms with Gasteiger partial charge in [0.15, 0.2) is 0 Å². The summed E-state index contributed by atoms with van der Waals surface area (Å²) < 4.78 is 78.5. The second kappa shape index (κ2) is 6.84. The van der Waals surface area contributed by atoms with Crippen molar-refractivity contribution in [3.63, 3.8) is 0 Å². The first-order valence-electron chi connectivity index (χ1n) is 7.72. The lowest BCUT2D eigenvalue weighted by Gasteiger charge is -2.18. The first-order chi connectivity index (χ1) is 12.2. The smallest absolute Gasteiger partial charge is 0.355 e. The van der Waals surface area contributed by atoms with Crippen molar-refractivity contribution >= 4 is 15.8 Å². The van der Waals surface area contributed by atoms with E-state index in [-0.39, 0.29) is 6.54 Å². The number of alkyl halides is 3. The van der Waals surface area contributed by atoms with Crippen LogP contribution in [0.3, 0.4) is 0 Å². The van der Waals surface area contributed by atoms with Crippen molar-refractivity contribution in [3.8, 4) is 0 Å². The van der Waals surface area contributed by atoms with Gasteiger partial charge in [0.05, 0.1) is 5.56 Å². The number of aromatic nitrogens is 1. The third kappa shape index (κ3) is 3.96. The van der Waals surface area contributed by atoms with Crippen LogP contribution >= 0.6 is 0 Å². The van der Waals surface area contributed by atoms with Crippen LogP contribution in [0.15, 0.2) is 47.5 Å². The average Bonchev–Trinajstić information content (AvgIpc) is 3.02. The highest BCUT2D eigenvalue weighted by Crippen LogP contribution is 2.30. The molecule has 0 amide bonds. The quantitative estimate of drug-likeness (QED) is 0.817. The Kier molecular flexibility index (Phi) is 4.89. The van der Waals surface area contributed by atoms with Gasteiger partial charge >= 0.3 is 6.18 Å². The Morgan fingerprint density at radius 2 is 1.88 bits per heavy atom. The second-order valence-electron chi connectivity index (χ2n) is 5.89. The molecule has 0 bridgehead atoms. The highest BCUT2D eigenvalue weighted by molar-refractivity contribution is 7.89. The van der Waals surface area contributed by atoms with Crippen LogP contribution in [0.1, 0.15) is 12.0 Å². The maximum atomic E-state index is 13.7. The van der Waals surface area contributed by atoms with E-state index >= 15 is 0 Å². The molecule has 26 heavy (non-hydrogen) atoms. The van der Waals surface area contributed by atoms with E-state index in [0.717, 1.165) is 18.3 Å². The summed E-state index contributed by atoms with van der Waals surface area (Å²) in [6.07, 6.45) is -3.29. The van der Waals surface area contributed by atoms with Crippen LogP contribution < -0.4 is 9.62 Å². The number of rotatable bonds is 4. The van der Waals surface area contributed by atoms with E-state index < -0.39 is 38.5 Å². The van der Waals surface area contributed by atoms with Gasteiger partial charge in [-0.05, 0) is 30.7 Å². The lowest BCUT2D eigenvalue weighted by atomic mass is 10.3. The summed E-state index contributed by atoms with van der Waals surface area (Å²) in [5.74, 6) is -0.523. The van der Waals surface area contributed by atoms with E-state index in [4.69, 9.17) is 0 Å². The number of benzene rings is 1. The van der Waals surface area contributed by atoms with E-state index in [1.54, 1.807) is 4.90 Å². The van der Waals surface area contributed by atoms with Gasteiger partial charge in [-0.1, -0.05) is 12.1 Å². The highest BCUT2D eigenvalue weighted by Gasteiger charge is 2.32. The van der Waals surface area contributed by atoms with E-state index in [1.807, 2.05) is 0 Å². The largest absolute Gasteiger partial charge is 0.417 e. The molecule has 1 aromatic carbocycles. The summed E-state index contributed by atoms with van der Waals surface area (Å²) in [6, 6.07) is 6.72. The van der Waals surface area contributed by atoms with E-state index in [2.05, 4.69) is 9.71 Å². The van der Waals surface area contributed by atoms with Gasteiger partial charge in [-0.3, -0.25) is 0 Å². The number of pyridine rings is 1. The minimum atomic E-state index is -4.46. The van der Waals surface area contributed by atoms with Crippen molar-refractivity contribution in [1.29, 1.82) is 0 Å². The topological polar surface area (TPSA) is 62.3 Å². The SMILES string of the molecule is O=S(=O)(NC1CCN(c2ccc(C(F)(F)F)cn2)C1)c1ccccc1F. The zero-order valence-electron chi connectivity index (χ0n) is 13.4. The van der Waals surface area contributed by atoms with Crippen molar-refractivity contribution < 1.29 is 26.0 Å². The maximum Gasteiger partial charge on any atom is 0.417 e. The zero-order chi connectivity index (χ0) is 18.9. The minimum Gasteiger partial charge on any atom is -0.355 e. The summed E-state index contributed by atoms with van der Waals surface area (Å²) in [7, 11) is -4.03. The predicted molar refractivity (Wildman–Crippen MR) is 86.6 cm³/mol. The molecule has 1 saturated heterocycles. The Morgan fingerprint density at radius 3 is 2.50 bits per heavy atom. The number of sulfonamides is 1. The zero-order valence-corrected chi connectivity index (χ0v) is 14.2. The van der Waals surface area contributed by atoms with Crippen molar-refractivity contribution in [2.24, 2.45) is 0 Å². The van der Waals surface area contributed by atoms with Gasteiger partial charge in [-0.25, -0.2) is 22.5 Å². The number of anilines is 1. The summed E-state index contributed by atoms with van der Waals surface area (Å²) in [5.41, 5.74) is -0.850. The molecule has 0 aliphatic carbocycles. The van der Waals surface area contributed by atoms with Crippen LogP contribution in [0.4, 0.5) is 23.4 Å². The molecule has 2 heterocycles. The van der Waals surface area contributed by atoms with Gasteiger partial charge in [-0.15, -0.1) is 0 Å². The maximum absolute atomic E-state index is 13.7. The summed E-state index contributed by atoms with van der Waals surface area (Å²) >= 11 is 0. The first-order valence-corrected chi connectivity index (χ1v) is 9.20. The fraction of sp³-hybridized carbons (Fsp3) is 0.312. The van der Waals surface area contributed by atoms with Crippen LogP contribution in [0.2, 0.25) is 0 Å². The Morgan fingerprint density at radius 1 is 1.15 bits per heavy atom. The fourth-order valence-electron chi connectivity index (χ4n) is 2.75. The number of nitrogens with zero attached hydrogens (tertiary/aromatic N) is 2. The third-order valence-electron chi connectivity index (χ3n) is 4.04. The second-order valence-corrected chi connectivity index (χ2v) is 7.57. The monoisotopic (exact) mass is 389 g/mol. The molecule has 1 aliphatic rings. The van der Waals surface area contributed by atoms with Crippen molar-refractivity contribution in [2.45, 2.75) is 23.5 Å². The molecular weight excluding hydrogens is 374 g/mol. The van der Waals surface area contributed by atoms with Crippen molar-refractivity contribution in [2.75, 3.05) is 18.0 Å². The van der Waals surface area contributed by atoms with Gasteiger partial charge < -0.3 is 4.90 Å². The molecule has 2 aromatic rings. The third-order valence-corrected chi connectivity index (χ3v) is 5.59. The standard InChI is InChI=1S/C16H15F4N3O2S/c17-13-3-1-2-4-14(13)26(24,25)22-12-7-8-23(10-12)15-6-5-11(9-21-15)16(18,19)20/h1-6,9,12,22H,7-8,10H2. The Labute approximate surface area is 147 Å². The van der Waals surface area contributed by atoms with Crippen LogP contribution in [-0.4, -0.2) is 32.5 Å². The molecule has 10 heteroatoms. The molecule has 1 atom stereocenters. The van der Waals surface area contributed by atoms with Crippen LogP contribution in [-0.2, 0) is 16.2 Å². The molecule has 5 nitrogen and oxygen atoms in total. The fourth-order valence-corrected chi connectivity index (χ4v) is 4.09. The molecule has 1 aliphatic heterocycles. The Bertz CT molecular complexity index is 885. The minimum absolute atomic E-state index is 0.228. The van der Waals surface area contributed by atoms with Crippen molar-refractivity contribution in [3.05, 3.63) is 54.0 Å². The molecule has 140 valence electrons. The molecule has 0 saturated carbocycles. The predicted octanol–water partition coefficient (Wildman–Crippen LogP) is 2.80. The normalized spacial score (nSPS) is 18.3. The summed E-state index contributed by atoms with van der Waals surface area (Å²) in [4.78, 5) is 5.04. The van der Waals surface area contributed by atoms with Gasteiger partial charge in [0.25, 0.3) is 0 Å². The van der Waals surface area contributed by atoms with Gasteiger partial charge in [0.1, 0.15) is 16.5 Å². The van der Waals surface area contributed by atoms with Gasteiger partial charge in [0.2, 0.25) is 10.0 Å². The lowest BCUT2D eigenvalue weighted by molar-refractivity contribution is -0.137. The first kappa shape index (κ1) is 18.6. The number of halogens is 4. The van der Waals surface area contributed by atoms with E-state index in [1.165, 1.54) is 24.3 Å². The molecule has 0 radical (unpaired) electrons. The molecular formula is C16H15F4N3O2S. The van der Waals surface area contributed by atoms with Crippen LogP contribution in [0.5, 0.6) is 0 Å². The average molecular weight is 389 g/mol. The van der Waals surface area contributed by atoms with Crippen LogP contribution in [0, 0.1) is 5.82 Å². The van der Waals surface area contributed by atoms with E-state index in [0.29, 0.717) is 18.8 Å². The molecule has 1 aromatic heterocycles. The molecule has 1 fully saturated rings. The highest BCUT2D eigenvalue weighted by atomic mass is 32.2. The number of hydrogen-bond donors (Lipinski definition) is 1. The summed E-state index contributed by atoms with van der Waals surface area (Å²) in [6.45, 7) is 0.648. The molecule has 1 N–H and O–H groups in total. The van der Waals surface area contributed by atoms with Crippen molar-refractivity contribution in [1.82, 2.24) is 9.71 Å². The molecule has 1 unspecified atom stereocenters. The Balaban J connectivity index is 1.68. The van der Waals surface area contributed by atoms with E-state index in [9.17, 15) is 26.0 Å². The Hall–Kier alpha value is -2.20. The molecule has 3 rings (SSSR count). The molecule has 0 spiro atoms.